The van der Waals surface area contributed by atoms with E-state index >= 15 is 0 Å². The number of nitrogens with zero attached hydrogens (tertiary/aromatic N) is 7. The molecular weight excluding hydrogens is 380 g/mol. The van der Waals surface area contributed by atoms with E-state index in [1.165, 1.54) is 11.0 Å². The van der Waals surface area contributed by atoms with E-state index in [0.717, 1.165) is 22.3 Å². The summed E-state index contributed by atoms with van der Waals surface area (Å²) in [5, 5.41) is 19.2. The van der Waals surface area contributed by atoms with Crippen LogP contribution in [-0.2, 0) is 6.54 Å². The normalized spacial score (nSPS) is 10.9. The van der Waals surface area contributed by atoms with Crippen LogP contribution in [0.5, 0.6) is 0 Å². The van der Waals surface area contributed by atoms with Gasteiger partial charge in [-0.25, -0.2) is 14.3 Å². The fraction of sp³-hybridized carbons (Fsp3) is 0.0476. The van der Waals surface area contributed by atoms with E-state index in [2.05, 4.69) is 30.9 Å². The molecule has 0 fully saturated rings. The standard InChI is InChI=1S/C21H16N8O/c30-21(25-18-7-4-8-19(10-18)29-14-23-26-27-29)17-9-16-12-24-28(20(16)22-11-17)13-15-5-2-1-3-6-15/h1-12,14H,13H2,(H,25,30). The first kappa shape index (κ1) is 17.7. The van der Waals surface area contributed by atoms with Crippen LogP contribution in [0.3, 0.4) is 0 Å². The fourth-order valence-electron chi connectivity index (χ4n) is 3.18. The molecule has 5 rings (SSSR count). The Kier molecular flexibility index (Phi) is 4.45. The highest BCUT2D eigenvalue weighted by Crippen LogP contribution is 2.17. The molecule has 0 saturated carbocycles. The second-order valence-corrected chi connectivity index (χ2v) is 6.68. The van der Waals surface area contributed by atoms with Crippen molar-refractivity contribution in [3.8, 4) is 5.69 Å². The average molecular weight is 396 g/mol. The highest BCUT2D eigenvalue weighted by Gasteiger charge is 2.12. The Hall–Kier alpha value is -4.40. The maximum absolute atomic E-state index is 12.7. The Morgan fingerprint density at radius 1 is 1.00 bits per heavy atom. The maximum Gasteiger partial charge on any atom is 0.257 e. The van der Waals surface area contributed by atoms with Gasteiger partial charge < -0.3 is 5.32 Å². The number of benzene rings is 2. The Labute approximate surface area is 171 Å². The van der Waals surface area contributed by atoms with Gasteiger partial charge in [0.2, 0.25) is 0 Å². The molecule has 0 aliphatic carbocycles. The van der Waals surface area contributed by atoms with E-state index in [9.17, 15) is 4.79 Å². The summed E-state index contributed by atoms with van der Waals surface area (Å²) in [5.74, 6) is -0.255. The molecule has 0 aliphatic heterocycles. The van der Waals surface area contributed by atoms with Crippen LogP contribution in [0, 0.1) is 0 Å². The first-order valence-corrected chi connectivity index (χ1v) is 9.26. The lowest BCUT2D eigenvalue weighted by Crippen LogP contribution is -2.12. The molecule has 9 nitrogen and oxygen atoms in total. The van der Waals surface area contributed by atoms with Gasteiger partial charge in [-0.15, -0.1) is 5.10 Å². The predicted molar refractivity (Wildman–Crippen MR) is 110 cm³/mol. The molecule has 5 aromatic rings. The van der Waals surface area contributed by atoms with Crippen LogP contribution in [0.4, 0.5) is 5.69 Å². The largest absolute Gasteiger partial charge is 0.322 e. The van der Waals surface area contributed by atoms with Crippen LogP contribution in [0.25, 0.3) is 16.7 Å². The number of anilines is 1. The summed E-state index contributed by atoms with van der Waals surface area (Å²) < 4.78 is 3.34. The second-order valence-electron chi connectivity index (χ2n) is 6.68. The molecule has 146 valence electrons. The maximum atomic E-state index is 12.7. The van der Waals surface area contributed by atoms with Crippen molar-refractivity contribution >= 4 is 22.6 Å². The number of carbonyl (C=O) groups is 1. The molecule has 0 radical (unpaired) electrons. The number of fused-ring (bicyclic) bond motifs is 1. The minimum absolute atomic E-state index is 0.255. The van der Waals surface area contributed by atoms with E-state index in [0.29, 0.717) is 17.8 Å². The van der Waals surface area contributed by atoms with E-state index in [-0.39, 0.29) is 5.91 Å². The van der Waals surface area contributed by atoms with Gasteiger partial charge in [-0.3, -0.25) is 4.79 Å². The van der Waals surface area contributed by atoms with Crippen LogP contribution in [0.15, 0.2) is 79.4 Å². The molecule has 0 atom stereocenters. The number of aromatic nitrogens is 7. The molecule has 1 amide bonds. The van der Waals surface area contributed by atoms with E-state index in [1.54, 1.807) is 30.6 Å². The van der Waals surface area contributed by atoms with Gasteiger partial charge in [-0.1, -0.05) is 36.4 Å². The van der Waals surface area contributed by atoms with Crippen molar-refractivity contribution in [2.24, 2.45) is 0 Å². The van der Waals surface area contributed by atoms with Crippen molar-refractivity contribution in [1.82, 2.24) is 35.0 Å². The van der Waals surface area contributed by atoms with Crippen LogP contribution < -0.4 is 5.32 Å². The zero-order chi connectivity index (χ0) is 20.3. The van der Waals surface area contributed by atoms with E-state index < -0.39 is 0 Å². The molecule has 1 N–H and O–H groups in total. The van der Waals surface area contributed by atoms with Crippen LogP contribution in [-0.4, -0.2) is 40.9 Å². The highest BCUT2D eigenvalue weighted by molar-refractivity contribution is 6.05. The predicted octanol–water partition coefficient (Wildman–Crippen LogP) is 2.71. The van der Waals surface area contributed by atoms with Crippen LogP contribution in [0.2, 0.25) is 0 Å². The van der Waals surface area contributed by atoms with Crippen molar-refractivity contribution in [3.63, 3.8) is 0 Å². The zero-order valence-electron chi connectivity index (χ0n) is 15.8. The third-order valence-electron chi connectivity index (χ3n) is 4.63. The Morgan fingerprint density at radius 3 is 2.73 bits per heavy atom. The van der Waals surface area contributed by atoms with Gasteiger partial charge in [-0.05, 0) is 40.3 Å². The number of carbonyl (C=O) groups excluding carboxylic acids is 1. The molecule has 9 heteroatoms. The van der Waals surface area contributed by atoms with Gasteiger partial charge in [0.25, 0.3) is 5.91 Å². The van der Waals surface area contributed by atoms with Crippen molar-refractivity contribution < 1.29 is 4.79 Å². The number of nitrogens with one attached hydrogen (secondary N) is 1. The summed E-state index contributed by atoms with van der Waals surface area (Å²) >= 11 is 0. The Bertz CT molecular complexity index is 1310. The third-order valence-corrected chi connectivity index (χ3v) is 4.63. The summed E-state index contributed by atoms with van der Waals surface area (Å²) in [6.07, 6.45) is 4.78. The fourth-order valence-corrected chi connectivity index (χ4v) is 3.18. The van der Waals surface area contributed by atoms with Crippen molar-refractivity contribution in [1.29, 1.82) is 0 Å². The molecule has 0 unspecified atom stereocenters. The van der Waals surface area contributed by atoms with Crippen LogP contribution >= 0.6 is 0 Å². The molecule has 0 saturated heterocycles. The zero-order valence-corrected chi connectivity index (χ0v) is 15.8. The van der Waals surface area contributed by atoms with Gasteiger partial charge in [0.1, 0.15) is 6.33 Å². The highest BCUT2D eigenvalue weighted by atomic mass is 16.1. The van der Waals surface area contributed by atoms with Crippen molar-refractivity contribution in [2.75, 3.05) is 5.32 Å². The first-order valence-electron chi connectivity index (χ1n) is 9.26. The van der Waals surface area contributed by atoms with E-state index in [4.69, 9.17) is 0 Å². The van der Waals surface area contributed by atoms with Crippen molar-refractivity contribution in [2.45, 2.75) is 6.54 Å². The molecular formula is C21H16N8O. The van der Waals surface area contributed by atoms with Gasteiger partial charge in [-0.2, -0.15) is 5.10 Å². The number of rotatable bonds is 5. The van der Waals surface area contributed by atoms with Gasteiger partial charge >= 0.3 is 0 Å². The van der Waals surface area contributed by atoms with Crippen molar-refractivity contribution in [3.05, 3.63) is 90.5 Å². The molecule has 2 aromatic carbocycles. The van der Waals surface area contributed by atoms with Gasteiger partial charge in [0.05, 0.1) is 24.0 Å². The summed E-state index contributed by atoms with van der Waals surface area (Å²) in [4.78, 5) is 17.2. The second kappa shape index (κ2) is 7.55. The number of hydrogen-bond acceptors (Lipinski definition) is 6. The topological polar surface area (TPSA) is 103 Å². The lowest BCUT2D eigenvalue weighted by Gasteiger charge is -2.07. The summed E-state index contributed by atoms with van der Waals surface area (Å²) in [6.45, 7) is 0.618. The van der Waals surface area contributed by atoms with Crippen LogP contribution in [0.1, 0.15) is 15.9 Å². The number of hydrogen-bond donors (Lipinski definition) is 1. The number of pyridine rings is 1. The smallest absolute Gasteiger partial charge is 0.257 e. The minimum Gasteiger partial charge on any atom is -0.322 e. The molecule has 0 aliphatic rings. The monoisotopic (exact) mass is 396 g/mol. The summed E-state index contributed by atoms with van der Waals surface area (Å²) in [5.41, 5.74) is 3.70. The lowest BCUT2D eigenvalue weighted by atomic mass is 10.2. The number of amides is 1. The quantitative estimate of drug-likeness (QED) is 0.490. The Balaban J connectivity index is 1.36. The molecule has 3 heterocycles. The molecule has 3 aromatic heterocycles. The molecule has 0 bridgehead atoms. The summed E-state index contributed by atoms with van der Waals surface area (Å²) in [7, 11) is 0. The molecule has 0 spiro atoms. The summed E-state index contributed by atoms with van der Waals surface area (Å²) in [6, 6.07) is 19.1. The van der Waals surface area contributed by atoms with Gasteiger partial charge in [0, 0.05) is 17.3 Å². The average Bonchev–Trinajstić information content (AvgIpc) is 3.45. The third kappa shape index (κ3) is 3.51. The first-order chi connectivity index (χ1) is 14.8. The van der Waals surface area contributed by atoms with E-state index in [1.807, 2.05) is 47.1 Å². The lowest BCUT2D eigenvalue weighted by molar-refractivity contribution is 0.102. The molecule has 30 heavy (non-hydrogen) atoms. The number of tetrazole rings is 1. The SMILES string of the molecule is O=C(Nc1cccc(-n2cnnn2)c1)c1cnc2c(cnn2Cc2ccccc2)c1. The van der Waals surface area contributed by atoms with Gasteiger partial charge in [0.15, 0.2) is 5.65 Å². The minimum atomic E-state index is -0.255. The Morgan fingerprint density at radius 2 is 1.90 bits per heavy atom.